The molecule has 1 atom stereocenters. The highest BCUT2D eigenvalue weighted by molar-refractivity contribution is 6.02. The molecular weight excluding hydrogens is 398 g/mol. The number of carbonyl (C=O) groups is 3. The van der Waals surface area contributed by atoms with Gasteiger partial charge in [0.15, 0.2) is 0 Å². The molecule has 1 aromatic carbocycles. The summed E-state index contributed by atoms with van der Waals surface area (Å²) < 4.78 is 11.0. The number of aryl methyl sites for hydroxylation is 1. The molecule has 0 radical (unpaired) electrons. The molecular formula is C23H31N3O5. The van der Waals surface area contributed by atoms with Crippen molar-refractivity contribution in [3.63, 3.8) is 0 Å². The zero-order chi connectivity index (χ0) is 22.6. The van der Waals surface area contributed by atoms with Gasteiger partial charge in [0.25, 0.3) is 5.91 Å². The minimum absolute atomic E-state index is 0.143. The summed E-state index contributed by atoms with van der Waals surface area (Å²) in [5, 5.41) is 2.96. The number of benzene rings is 1. The van der Waals surface area contributed by atoms with Crippen LogP contribution >= 0.6 is 0 Å². The van der Waals surface area contributed by atoms with E-state index in [4.69, 9.17) is 9.47 Å². The van der Waals surface area contributed by atoms with Crippen LogP contribution < -0.4 is 10.2 Å². The first-order valence-electron chi connectivity index (χ1n) is 10.6. The van der Waals surface area contributed by atoms with Crippen molar-refractivity contribution in [2.45, 2.75) is 45.3 Å². The predicted octanol–water partition coefficient (Wildman–Crippen LogP) is 2.52. The lowest BCUT2D eigenvalue weighted by atomic mass is 9.98. The smallest absolute Gasteiger partial charge is 0.410 e. The molecule has 1 N–H and O–H groups in total. The predicted molar refractivity (Wildman–Crippen MR) is 117 cm³/mol. The maximum absolute atomic E-state index is 12.9. The molecule has 0 saturated carbocycles. The van der Waals surface area contributed by atoms with E-state index in [1.165, 1.54) is 6.08 Å². The third-order valence-electron chi connectivity index (χ3n) is 5.15. The third kappa shape index (κ3) is 5.85. The SMILES string of the molecule is C=CC(=O)N1CCCc2cc(C(=O)NC3COCCN(C(=O)OC(C)(C)C)C3)ccc21. The van der Waals surface area contributed by atoms with Crippen LogP contribution in [0, 0.1) is 0 Å². The summed E-state index contributed by atoms with van der Waals surface area (Å²) in [6.07, 6.45) is 2.52. The number of amides is 3. The molecule has 2 aliphatic rings. The van der Waals surface area contributed by atoms with Crippen LogP contribution in [0.5, 0.6) is 0 Å². The van der Waals surface area contributed by atoms with E-state index in [0.29, 0.717) is 38.4 Å². The molecule has 2 aliphatic heterocycles. The molecule has 0 spiro atoms. The molecule has 1 fully saturated rings. The second-order valence-corrected chi connectivity index (χ2v) is 8.81. The standard InChI is InChI=1S/C23H31N3O5/c1-5-20(27)26-10-6-7-16-13-17(8-9-19(16)26)21(28)24-18-14-25(11-12-30-15-18)22(29)31-23(2,3)4/h5,8-9,13,18H,1,6-7,10-12,14-15H2,2-4H3,(H,24,28). The van der Waals surface area contributed by atoms with Gasteiger partial charge in [-0.25, -0.2) is 4.79 Å². The Labute approximate surface area is 183 Å². The zero-order valence-electron chi connectivity index (χ0n) is 18.5. The molecule has 168 valence electrons. The molecule has 2 heterocycles. The van der Waals surface area contributed by atoms with Crippen molar-refractivity contribution in [1.29, 1.82) is 0 Å². The largest absolute Gasteiger partial charge is 0.444 e. The molecule has 0 bridgehead atoms. The zero-order valence-corrected chi connectivity index (χ0v) is 18.5. The molecule has 0 aliphatic carbocycles. The van der Waals surface area contributed by atoms with Crippen LogP contribution in [-0.2, 0) is 20.7 Å². The van der Waals surface area contributed by atoms with Gasteiger partial charge in [0, 0.05) is 30.9 Å². The fourth-order valence-electron chi connectivity index (χ4n) is 3.74. The highest BCUT2D eigenvalue weighted by atomic mass is 16.6. The lowest BCUT2D eigenvalue weighted by Crippen LogP contribution is -2.47. The Bertz CT molecular complexity index is 861. The van der Waals surface area contributed by atoms with Crippen LogP contribution in [0.2, 0.25) is 0 Å². The average molecular weight is 430 g/mol. The van der Waals surface area contributed by atoms with Crippen molar-refractivity contribution < 1.29 is 23.9 Å². The van der Waals surface area contributed by atoms with Crippen molar-refractivity contribution in [2.75, 3.05) is 37.7 Å². The first-order chi connectivity index (χ1) is 14.7. The minimum atomic E-state index is -0.590. The van der Waals surface area contributed by atoms with Gasteiger partial charge in [-0.1, -0.05) is 6.58 Å². The lowest BCUT2D eigenvalue weighted by molar-refractivity contribution is -0.114. The maximum Gasteiger partial charge on any atom is 0.410 e. The van der Waals surface area contributed by atoms with E-state index in [0.717, 1.165) is 24.1 Å². The maximum atomic E-state index is 12.9. The summed E-state index contributed by atoms with van der Waals surface area (Å²) in [6, 6.07) is 5.00. The van der Waals surface area contributed by atoms with Crippen LogP contribution in [0.25, 0.3) is 0 Å². The molecule has 3 rings (SSSR count). The second kappa shape index (κ2) is 9.51. The first-order valence-corrected chi connectivity index (χ1v) is 10.6. The summed E-state index contributed by atoms with van der Waals surface area (Å²) in [6.45, 7) is 11.1. The van der Waals surface area contributed by atoms with Crippen molar-refractivity contribution in [1.82, 2.24) is 10.2 Å². The van der Waals surface area contributed by atoms with Crippen molar-refractivity contribution >= 4 is 23.6 Å². The Morgan fingerprint density at radius 1 is 1.26 bits per heavy atom. The lowest BCUT2D eigenvalue weighted by Gasteiger charge is -2.29. The molecule has 0 aromatic heterocycles. The van der Waals surface area contributed by atoms with Gasteiger partial charge in [-0.05, 0) is 63.5 Å². The second-order valence-electron chi connectivity index (χ2n) is 8.81. The van der Waals surface area contributed by atoms with Gasteiger partial charge in [-0.15, -0.1) is 0 Å². The van der Waals surface area contributed by atoms with Crippen molar-refractivity contribution in [2.24, 2.45) is 0 Å². The van der Waals surface area contributed by atoms with Crippen LogP contribution in [0.3, 0.4) is 0 Å². The van der Waals surface area contributed by atoms with Crippen LogP contribution in [0.4, 0.5) is 10.5 Å². The van der Waals surface area contributed by atoms with Crippen LogP contribution in [0.15, 0.2) is 30.9 Å². The van der Waals surface area contributed by atoms with Gasteiger partial charge >= 0.3 is 6.09 Å². The monoisotopic (exact) mass is 429 g/mol. The van der Waals surface area contributed by atoms with E-state index in [-0.39, 0.29) is 17.9 Å². The van der Waals surface area contributed by atoms with E-state index < -0.39 is 11.7 Å². The van der Waals surface area contributed by atoms with E-state index in [9.17, 15) is 14.4 Å². The molecule has 31 heavy (non-hydrogen) atoms. The average Bonchev–Trinajstić information content (AvgIpc) is 2.96. The number of nitrogens with one attached hydrogen (secondary N) is 1. The molecule has 1 aromatic rings. The Kier molecular flexibility index (Phi) is 7.00. The normalized spacial score (nSPS) is 19.1. The van der Waals surface area contributed by atoms with E-state index in [1.54, 1.807) is 21.9 Å². The Morgan fingerprint density at radius 2 is 2.03 bits per heavy atom. The summed E-state index contributed by atoms with van der Waals surface area (Å²) in [5.74, 6) is -0.384. The highest BCUT2D eigenvalue weighted by Crippen LogP contribution is 2.28. The van der Waals surface area contributed by atoms with E-state index in [2.05, 4.69) is 11.9 Å². The quantitative estimate of drug-likeness (QED) is 0.746. The third-order valence-corrected chi connectivity index (χ3v) is 5.15. The fraction of sp³-hybridized carbons (Fsp3) is 0.522. The number of hydrogen-bond acceptors (Lipinski definition) is 5. The van der Waals surface area contributed by atoms with Gasteiger partial charge in [0.05, 0.1) is 19.3 Å². The van der Waals surface area contributed by atoms with Gasteiger partial charge < -0.3 is 24.6 Å². The van der Waals surface area contributed by atoms with Crippen molar-refractivity contribution in [3.8, 4) is 0 Å². The van der Waals surface area contributed by atoms with Gasteiger partial charge in [0.1, 0.15) is 5.60 Å². The number of nitrogens with zero attached hydrogens (tertiary/aromatic N) is 2. The Hall–Kier alpha value is -2.87. The van der Waals surface area contributed by atoms with Gasteiger partial charge in [0.2, 0.25) is 5.91 Å². The first kappa shape index (κ1) is 22.8. The molecule has 3 amide bonds. The van der Waals surface area contributed by atoms with Crippen LogP contribution in [-0.4, -0.2) is 67.3 Å². The number of hydrogen-bond donors (Lipinski definition) is 1. The molecule has 1 unspecified atom stereocenters. The Balaban J connectivity index is 1.68. The van der Waals surface area contributed by atoms with E-state index in [1.807, 2.05) is 26.8 Å². The summed E-state index contributed by atoms with van der Waals surface area (Å²) >= 11 is 0. The fourth-order valence-corrected chi connectivity index (χ4v) is 3.74. The molecule has 8 nitrogen and oxygen atoms in total. The summed E-state index contributed by atoms with van der Waals surface area (Å²) in [5.41, 5.74) is 1.70. The number of ether oxygens (including phenoxy) is 2. The number of carbonyl (C=O) groups excluding carboxylic acids is 3. The van der Waals surface area contributed by atoms with Gasteiger partial charge in [-0.3, -0.25) is 9.59 Å². The molecule has 1 saturated heterocycles. The number of anilines is 1. The van der Waals surface area contributed by atoms with Gasteiger partial charge in [-0.2, -0.15) is 0 Å². The topological polar surface area (TPSA) is 88.2 Å². The van der Waals surface area contributed by atoms with Crippen molar-refractivity contribution in [3.05, 3.63) is 42.0 Å². The molecule has 8 heteroatoms. The summed E-state index contributed by atoms with van der Waals surface area (Å²) in [4.78, 5) is 40.7. The highest BCUT2D eigenvalue weighted by Gasteiger charge is 2.28. The minimum Gasteiger partial charge on any atom is -0.444 e. The Morgan fingerprint density at radius 3 is 2.74 bits per heavy atom. The summed E-state index contributed by atoms with van der Waals surface area (Å²) in [7, 11) is 0. The van der Waals surface area contributed by atoms with E-state index >= 15 is 0 Å². The number of fused-ring (bicyclic) bond motifs is 1. The number of rotatable bonds is 3. The van der Waals surface area contributed by atoms with Crippen LogP contribution in [0.1, 0.15) is 43.1 Å².